The molecule has 2 atom stereocenters. The Morgan fingerprint density at radius 1 is 1.00 bits per heavy atom. The molecule has 1 fully saturated rings. The maximum absolute atomic E-state index is 13.9. The van der Waals surface area contributed by atoms with Gasteiger partial charge in [-0.3, -0.25) is 9.59 Å². The van der Waals surface area contributed by atoms with Crippen LogP contribution >= 0.6 is 0 Å². The predicted octanol–water partition coefficient (Wildman–Crippen LogP) is 5.68. The number of nitrogens with zero attached hydrogens (tertiary/aromatic N) is 3. The van der Waals surface area contributed by atoms with Gasteiger partial charge in [0.2, 0.25) is 5.91 Å². The third kappa shape index (κ3) is 8.10. The second-order valence-corrected chi connectivity index (χ2v) is 12.2. The molecule has 0 bridgehead atoms. The minimum absolute atomic E-state index is 0.0236. The van der Waals surface area contributed by atoms with Gasteiger partial charge in [0.15, 0.2) is 0 Å². The Bertz CT molecular complexity index is 1460. The Balaban J connectivity index is 1.57. The van der Waals surface area contributed by atoms with E-state index in [2.05, 4.69) is 10.4 Å². The number of halogens is 6. The molecule has 0 saturated carbocycles. The van der Waals surface area contributed by atoms with Crippen molar-refractivity contribution in [3.05, 3.63) is 65.2 Å². The van der Waals surface area contributed by atoms with Crippen LogP contribution in [0.1, 0.15) is 50.3 Å². The van der Waals surface area contributed by atoms with E-state index in [0.717, 1.165) is 5.56 Å². The molecular weight excluding hydrogens is 622 g/mol. The van der Waals surface area contributed by atoms with Crippen LogP contribution in [-0.2, 0) is 33.1 Å². The van der Waals surface area contributed by atoms with E-state index in [9.17, 15) is 40.7 Å². The van der Waals surface area contributed by atoms with Crippen LogP contribution in [0.3, 0.4) is 0 Å². The maximum atomic E-state index is 13.9. The van der Waals surface area contributed by atoms with Crippen molar-refractivity contribution >= 4 is 23.6 Å². The second-order valence-electron chi connectivity index (χ2n) is 12.2. The van der Waals surface area contributed by atoms with E-state index in [1.165, 1.54) is 17.0 Å². The smallest absolute Gasteiger partial charge is 0.416 e. The predicted molar refractivity (Wildman–Crippen MR) is 154 cm³/mol. The molecular formula is C31H34F6N4O5. The fourth-order valence-corrected chi connectivity index (χ4v) is 5.45. The number of nitrogens with one attached hydrogen (secondary N) is 1. The number of alkyl carbamates (subject to hydrolysis) is 1. The van der Waals surface area contributed by atoms with Crippen LogP contribution in [0, 0.1) is 5.41 Å². The largest absolute Gasteiger partial charge is 0.493 e. The summed E-state index contributed by atoms with van der Waals surface area (Å²) < 4.78 is 90.5. The normalized spacial score (nSPS) is 19.3. The summed E-state index contributed by atoms with van der Waals surface area (Å²) in [5, 5.41) is 8.10. The number of fused-ring (bicyclic) bond motifs is 1. The van der Waals surface area contributed by atoms with Crippen LogP contribution < -0.4 is 10.1 Å². The number of hydrazone groups is 1. The molecule has 0 radical (unpaired) electrons. The molecule has 1 N–H and O–H groups in total. The van der Waals surface area contributed by atoms with Crippen molar-refractivity contribution in [3.63, 3.8) is 0 Å². The summed E-state index contributed by atoms with van der Waals surface area (Å²) in [6.45, 7) is 4.32. The molecule has 1 saturated heterocycles. The molecule has 46 heavy (non-hydrogen) atoms. The van der Waals surface area contributed by atoms with Crippen molar-refractivity contribution in [2.45, 2.75) is 64.0 Å². The average Bonchev–Trinajstić information content (AvgIpc) is 3.19. The first kappa shape index (κ1) is 34.6. The molecule has 250 valence electrons. The lowest BCUT2D eigenvalue weighted by molar-refractivity contribution is -0.143. The minimum atomic E-state index is -5.08. The number of amides is 3. The molecule has 9 nitrogen and oxygen atoms in total. The van der Waals surface area contributed by atoms with Gasteiger partial charge >= 0.3 is 18.4 Å². The summed E-state index contributed by atoms with van der Waals surface area (Å²) in [6, 6.07) is 8.63. The molecule has 2 heterocycles. The number of carbonyl (C=O) groups excluding carboxylic acids is 3. The number of likely N-dealkylation sites (tertiary alicyclic amines) is 1. The van der Waals surface area contributed by atoms with E-state index in [-0.39, 0.29) is 44.3 Å². The van der Waals surface area contributed by atoms with Gasteiger partial charge in [-0.2, -0.15) is 31.4 Å². The lowest BCUT2D eigenvalue weighted by Gasteiger charge is -2.40. The molecule has 15 heteroatoms. The number of piperidine rings is 1. The van der Waals surface area contributed by atoms with E-state index < -0.39 is 64.9 Å². The lowest BCUT2D eigenvalue weighted by atomic mass is 9.73. The second kappa shape index (κ2) is 12.8. The molecule has 0 aliphatic carbocycles. The first-order valence-electron chi connectivity index (χ1n) is 14.4. The monoisotopic (exact) mass is 656 g/mol. The molecule has 4 rings (SSSR count). The number of hydrogen-bond acceptors (Lipinski definition) is 6. The van der Waals surface area contributed by atoms with Crippen LogP contribution in [-0.4, -0.2) is 71.9 Å². The first-order chi connectivity index (χ1) is 21.3. The summed E-state index contributed by atoms with van der Waals surface area (Å²) in [5.41, 5.74) is -3.78. The Morgan fingerprint density at radius 3 is 2.17 bits per heavy atom. The number of ether oxygens (including phenoxy) is 2. The Morgan fingerprint density at radius 2 is 1.61 bits per heavy atom. The molecule has 3 amide bonds. The summed E-state index contributed by atoms with van der Waals surface area (Å²) in [7, 11) is 1.52. The van der Waals surface area contributed by atoms with Gasteiger partial charge in [0.05, 0.1) is 23.4 Å². The first-order valence-corrected chi connectivity index (χ1v) is 14.4. The number of rotatable bonds is 8. The van der Waals surface area contributed by atoms with Crippen LogP contribution in [0.4, 0.5) is 31.1 Å². The van der Waals surface area contributed by atoms with Crippen molar-refractivity contribution in [2.24, 2.45) is 10.5 Å². The van der Waals surface area contributed by atoms with Gasteiger partial charge in [0.25, 0.3) is 5.91 Å². The molecule has 0 spiro atoms. The van der Waals surface area contributed by atoms with Crippen LogP contribution in [0.2, 0.25) is 0 Å². The molecule has 2 aromatic rings. The summed E-state index contributed by atoms with van der Waals surface area (Å²) >= 11 is 0. The molecule has 2 aromatic carbocycles. The SMILES string of the molecule is CN1N=C2CCN(C(=O)[C@@H](CCOc3cc(C(F)(F)F)cc(C(F)(F)F)c3)NC(=O)OC(C)(C)C)C[C@@]2(Cc2ccccc2)C1=O. The van der Waals surface area contributed by atoms with Gasteiger partial charge in [-0.05, 0) is 51.0 Å². The van der Waals surface area contributed by atoms with E-state index in [0.29, 0.717) is 17.8 Å². The van der Waals surface area contributed by atoms with Gasteiger partial charge in [0.1, 0.15) is 22.8 Å². The Kier molecular flexibility index (Phi) is 9.64. The number of alkyl halides is 6. The Labute approximate surface area is 261 Å². The fourth-order valence-electron chi connectivity index (χ4n) is 5.45. The van der Waals surface area contributed by atoms with Crippen molar-refractivity contribution in [1.29, 1.82) is 0 Å². The van der Waals surface area contributed by atoms with Crippen LogP contribution in [0.15, 0.2) is 53.6 Å². The summed E-state index contributed by atoms with van der Waals surface area (Å²) in [6.07, 6.45) is -11.0. The van der Waals surface area contributed by atoms with E-state index in [1.807, 2.05) is 30.3 Å². The summed E-state index contributed by atoms with van der Waals surface area (Å²) in [4.78, 5) is 41.5. The van der Waals surface area contributed by atoms with E-state index in [4.69, 9.17) is 9.47 Å². The van der Waals surface area contributed by atoms with Crippen molar-refractivity contribution in [3.8, 4) is 5.75 Å². The molecule has 0 unspecified atom stereocenters. The van der Waals surface area contributed by atoms with Gasteiger partial charge in [-0.15, -0.1) is 0 Å². The summed E-state index contributed by atoms with van der Waals surface area (Å²) in [5.74, 6) is -1.66. The lowest BCUT2D eigenvalue weighted by Crippen LogP contribution is -2.59. The number of hydrogen-bond donors (Lipinski definition) is 1. The van der Waals surface area contributed by atoms with Gasteiger partial charge in [0, 0.05) is 33.0 Å². The van der Waals surface area contributed by atoms with Gasteiger partial charge in [-0.1, -0.05) is 30.3 Å². The number of benzene rings is 2. The zero-order valence-electron chi connectivity index (χ0n) is 25.6. The standard InChI is InChI=1S/C31H34F6N4O5/c1-28(2,3)46-27(44)38-23(11-13-45-22-15-20(30(32,33)34)14-21(16-22)31(35,36)37)25(42)41-12-10-24-29(18-41,26(43)40(4)39-24)17-19-8-6-5-7-9-19/h5-9,14-16,23H,10-13,17-18H2,1-4H3,(H,38,44)/t23-,29-/m1/s1. The highest BCUT2D eigenvalue weighted by molar-refractivity contribution is 6.13. The van der Waals surface area contributed by atoms with Crippen LogP contribution in [0.25, 0.3) is 0 Å². The van der Waals surface area contributed by atoms with Crippen molar-refractivity contribution < 1.29 is 50.2 Å². The topological polar surface area (TPSA) is 101 Å². The van der Waals surface area contributed by atoms with Crippen LogP contribution in [0.5, 0.6) is 5.75 Å². The number of carbonyl (C=O) groups is 3. The highest BCUT2D eigenvalue weighted by Crippen LogP contribution is 2.40. The maximum Gasteiger partial charge on any atom is 0.416 e. The van der Waals surface area contributed by atoms with Gasteiger partial charge in [-0.25, -0.2) is 9.80 Å². The zero-order chi connectivity index (χ0) is 34.1. The minimum Gasteiger partial charge on any atom is -0.493 e. The molecule has 2 aliphatic heterocycles. The van der Waals surface area contributed by atoms with E-state index in [1.54, 1.807) is 20.8 Å². The fraction of sp³-hybridized carbons (Fsp3) is 0.484. The molecule has 2 aliphatic rings. The Hall–Kier alpha value is -4.30. The highest BCUT2D eigenvalue weighted by Gasteiger charge is 2.54. The zero-order valence-corrected chi connectivity index (χ0v) is 25.6. The van der Waals surface area contributed by atoms with Crippen molar-refractivity contribution in [2.75, 3.05) is 26.7 Å². The van der Waals surface area contributed by atoms with Crippen molar-refractivity contribution in [1.82, 2.24) is 15.2 Å². The van der Waals surface area contributed by atoms with E-state index >= 15 is 0 Å². The highest BCUT2D eigenvalue weighted by atomic mass is 19.4. The molecule has 0 aromatic heterocycles. The van der Waals surface area contributed by atoms with Gasteiger partial charge < -0.3 is 19.7 Å². The average molecular weight is 657 g/mol. The third-order valence-electron chi connectivity index (χ3n) is 7.49. The quantitative estimate of drug-likeness (QED) is 0.369. The third-order valence-corrected chi connectivity index (χ3v) is 7.49.